The first-order chi connectivity index (χ1) is 37.8. The number of para-hydroxylation sites is 1. The summed E-state index contributed by atoms with van der Waals surface area (Å²) in [6.07, 6.45) is 5.26. The number of likely N-dealkylation sites (tertiary alicyclic amines) is 1. The molecule has 1 aliphatic heterocycles. The van der Waals surface area contributed by atoms with Gasteiger partial charge in [-0.1, -0.05) is 92.7 Å². The quantitative estimate of drug-likeness (QED) is 0.0363. The molecule has 20 heteroatoms. The van der Waals surface area contributed by atoms with Gasteiger partial charge in [-0.2, -0.15) is 11.8 Å². The van der Waals surface area contributed by atoms with Gasteiger partial charge in [-0.3, -0.25) is 38.4 Å². The number of carbonyl (C=O) groups is 8. The van der Waals surface area contributed by atoms with E-state index in [1.54, 1.807) is 50.2 Å². The maximum atomic E-state index is 14.6. The Morgan fingerprint density at radius 3 is 1.99 bits per heavy atom. The SMILES string of the molecule is CSCC[C@H](NC(=O)[C@H](Cc1ccccc1)NC(=O)CNC(=O)[C@@H](C)NC(=O)[C@@H](N)Cc1c(C)cc(O)cc1C)C(=O)N1CCC[C@H]1C(=O)N[C@@H](CC(C)C)C(=O)N[C@@H](Cc1c[nH]c2ccccc12)C(=O)NCc1ccccc1. The number of aromatic hydroxyl groups is 1. The number of nitrogens with zero attached hydrogens (tertiary/aromatic N) is 1. The van der Waals surface area contributed by atoms with E-state index in [1.165, 1.54) is 23.6 Å². The topological polar surface area (TPSA) is 286 Å². The van der Waals surface area contributed by atoms with Crippen molar-refractivity contribution in [1.82, 2.24) is 47.1 Å². The van der Waals surface area contributed by atoms with E-state index in [-0.39, 0.29) is 56.9 Å². The van der Waals surface area contributed by atoms with Crippen LogP contribution in [0.1, 0.15) is 79.8 Å². The third-order valence-corrected chi connectivity index (χ3v) is 14.6. The minimum Gasteiger partial charge on any atom is -0.508 e. The third kappa shape index (κ3) is 17.6. The van der Waals surface area contributed by atoms with Gasteiger partial charge >= 0.3 is 0 Å². The van der Waals surface area contributed by atoms with Crippen molar-refractivity contribution in [1.29, 1.82) is 0 Å². The van der Waals surface area contributed by atoms with Crippen LogP contribution in [0.25, 0.3) is 10.9 Å². The Labute approximate surface area is 466 Å². The molecule has 5 aromatic rings. The molecule has 422 valence electrons. The van der Waals surface area contributed by atoms with Gasteiger partial charge in [0.15, 0.2) is 0 Å². The molecule has 7 atom stereocenters. The standard InChI is InChI=1S/C59H76N10O9S/c1-35(2)26-48(56(75)67-50(55(74)62-32-40-18-11-8-12-19-40)30-41-33-61-46-21-14-13-20-43(41)46)68-58(77)51-22-15-24-69(51)59(78)47(23-25-79-6)66-57(76)49(29-39-16-9-7-10-17-39)65-52(71)34-63-53(72)38(5)64-54(73)45(60)31-44-36(3)27-42(70)28-37(44)4/h7-14,16-21,27-28,33,35,38,45,47-51,61,70H,15,22-26,29-32,34,60H2,1-6H3,(H,62,74)(H,63,72)(H,64,73)(H,65,71)(H,66,76)(H,67,75)(H,68,77)/t38-,45+,47+,48+,49+,50+,51+/m1/s1. The number of nitrogens with one attached hydrogen (secondary N) is 8. The van der Waals surface area contributed by atoms with Gasteiger partial charge in [0.1, 0.15) is 42.0 Å². The van der Waals surface area contributed by atoms with E-state index in [0.717, 1.165) is 38.7 Å². The number of aryl methyl sites for hydroxylation is 2. The summed E-state index contributed by atoms with van der Waals surface area (Å²) >= 11 is 1.46. The van der Waals surface area contributed by atoms with Crippen LogP contribution in [0.4, 0.5) is 0 Å². The number of phenolic OH excluding ortho intramolecular Hbond substituents is 1. The van der Waals surface area contributed by atoms with Crippen LogP contribution in [0.2, 0.25) is 0 Å². The zero-order chi connectivity index (χ0) is 57.2. The fourth-order valence-corrected chi connectivity index (χ4v) is 10.2. The highest BCUT2D eigenvalue weighted by Crippen LogP contribution is 2.24. The molecular formula is C59H76N10O9S. The lowest BCUT2D eigenvalue weighted by molar-refractivity contribution is -0.142. The highest BCUT2D eigenvalue weighted by Gasteiger charge is 2.40. The number of benzene rings is 4. The molecule has 1 aromatic heterocycles. The monoisotopic (exact) mass is 1100 g/mol. The molecule has 1 saturated heterocycles. The molecular weight excluding hydrogens is 1020 g/mol. The summed E-state index contributed by atoms with van der Waals surface area (Å²) in [5, 5.41) is 30.3. The molecule has 1 aliphatic rings. The van der Waals surface area contributed by atoms with Crippen molar-refractivity contribution in [3.05, 3.63) is 137 Å². The van der Waals surface area contributed by atoms with E-state index in [0.29, 0.717) is 24.2 Å². The highest BCUT2D eigenvalue weighted by atomic mass is 32.2. The average Bonchev–Trinajstić information content (AvgIpc) is 4.11. The van der Waals surface area contributed by atoms with E-state index in [1.807, 2.05) is 87.0 Å². The molecule has 6 rings (SSSR count). The zero-order valence-corrected chi connectivity index (χ0v) is 46.7. The number of carbonyl (C=O) groups excluding carboxylic acids is 8. The van der Waals surface area contributed by atoms with E-state index in [4.69, 9.17) is 5.73 Å². The Bertz CT molecular complexity index is 2900. The van der Waals surface area contributed by atoms with Gasteiger partial charge < -0.3 is 57.9 Å². The lowest BCUT2D eigenvalue weighted by Crippen LogP contribution is -2.59. The molecule has 4 aromatic carbocycles. The second-order valence-corrected chi connectivity index (χ2v) is 21.7. The first kappa shape index (κ1) is 60.5. The highest BCUT2D eigenvalue weighted by molar-refractivity contribution is 7.98. The van der Waals surface area contributed by atoms with Crippen molar-refractivity contribution in [3.63, 3.8) is 0 Å². The lowest BCUT2D eigenvalue weighted by atomic mass is 9.96. The van der Waals surface area contributed by atoms with Gasteiger partial charge in [0.2, 0.25) is 47.3 Å². The smallest absolute Gasteiger partial charge is 0.245 e. The van der Waals surface area contributed by atoms with Gasteiger partial charge in [-0.25, -0.2) is 0 Å². The first-order valence-corrected chi connectivity index (χ1v) is 28.2. The van der Waals surface area contributed by atoms with Gasteiger partial charge in [0.25, 0.3) is 0 Å². The first-order valence-electron chi connectivity index (χ1n) is 26.8. The zero-order valence-electron chi connectivity index (χ0n) is 45.9. The Morgan fingerprint density at radius 1 is 0.696 bits per heavy atom. The molecule has 2 heterocycles. The average molecular weight is 1100 g/mol. The molecule has 8 amide bonds. The normalized spacial score (nSPS) is 15.4. The molecule has 19 nitrogen and oxygen atoms in total. The van der Waals surface area contributed by atoms with Crippen molar-refractivity contribution in [2.45, 2.75) is 128 Å². The van der Waals surface area contributed by atoms with Crippen LogP contribution >= 0.6 is 11.8 Å². The molecule has 0 unspecified atom stereocenters. The van der Waals surface area contributed by atoms with Crippen molar-refractivity contribution in [3.8, 4) is 5.75 Å². The molecule has 79 heavy (non-hydrogen) atoms. The minimum atomic E-state index is -1.20. The summed E-state index contributed by atoms with van der Waals surface area (Å²) in [6.45, 7) is 8.79. The molecule has 0 aliphatic carbocycles. The van der Waals surface area contributed by atoms with Crippen molar-refractivity contribution in [2.24, 2.45) is 11.7 Å². The van der Waals surface area contributed by atoms with Gasteiger partial charge in [0, 0.05) is 43.0 Å². The van der Waals surface area contributed by atoms with Crippen molar-refractivity contribution >= 4 is 69.9 Å². The second-order valence-electron chi connectivity index (χ2n) is 20.7. The van der Waals surface area contributed by atoms with Crippen LogP contribution in [-0.4, -0.2) is 130 Å². The maximum Gasteiger partial charge on any atom is 0.245 e. The van der Waals surface area contributed by atoms with Gasteiger partial charge in [0.05, 0.1) is 12.6 Å². The fourth-order valence-electron chi connectivity index (χ4n) is 9.77. The van der Waals surface area contributed by atoms with E-state index >= 15 is 0 Å². The second kappa shape index (κ2) is 29.3. The van der Waals surface area contributed by atoms with E-state index in [2.05, 4.69) is 42.2 Å². The van der Waals surface area contributed by atoms with Crippen LogP contribution in [-0.2, 0) is 64.2 Å². The molecule has 0 radical (unpaired) electrons. The van der Waals surface area contributed by atoms with E-state index < -0.39 is 96.1 Å². The number of thioether (sulfide) groups is 1. The Kier molecular flexibility index (Phi) is 22.5. The molecule has 11 N–H and O–H groups in total. The Hall–Kier alpha value is -7.71. The summed E-state index contributed by atoms with van der Waals surface area (Å²) in [5.74, 6) is -4.13. The maximum absolute atomic E-state index is 14.6. The lowest BCUT2D eigenvalue weighted by Gasteiger charge is -2.31. The predicted octanol–water partition coefficient (Wildman–Crippen LogP) is 3.51. The number of aromatic amines is 1. The minimum absolute atomic E-state index is 0.0332. The van der Waals surface area contributed by atoms with Crippen LogP contribution < -0.4 is 43.0 Å². The number of hydrogen-bond acceptors (Lipinski definition) is 11. The van der Waals surface area contributed by atoms with Gasteiger partial charge in [-0.05, 0) is 122 Å². The summed E-state index contributed by atoms with van der Waals surface area (Å²) in [5.41, 5.74) is 11.8. The Morgan fingerprint density at radius 2 is 1.32 bits per heavy atom. The number of H-pyrrole nitrogens is 1. The number of phenols is 1. The molecule has 0 spiro atoms. The summed E-state index contributed by atoms with van der Waals surface area (Å²) in [4.78, 5) is 116. The molecule has 0 bridgehead atoms. The van der Waals surface area contributed by atoms with Crippen LogP contribution in [0.5, 0.6) is 5.75 Å². The number of hydrogen-bond donors (Lipinski definition) is 10. The van der Waals surface area contributed by atoms with Crippen LogP contribution in [0, 0.1) is 19.8 Å². The number of nitrogens with two attached hydrogens (primary N) is 1. The van der Waals surface area contributed by atoms with Crippen LogP contribution in [0.3, 0.4) is 0 Å². The van der Waals surface area contributed by atoms with Crippen molar-refractivity contribution in [2.75, 3.05) is 25.1 Å². The fraction of sp³-hybridized carbons (Fsp3) is 0.424. The van der Waals surface area contributed by atoms with E-state index in [9.17, 15) is 43.5 Å². The van der Waals surface area contributed by atoms with Crippen molar-refractivity contribution < 1.29 is 43.5 Å². The number of rotatable bonds is 27. The number of fused-ring (bicyclic) bond motifs is 1. The van der Waals surface area contributed by atoms with Gasteiger partial charge in [-0.15, -0.1) is 0 Å². The third-order valence-electron chi connectivity index (χ3n) is 14.0. The molecule has 1 fully saturated rings. The Balaban J connectivity index is 1.10. The largest absolute Gasteiger partial charge is 0.508 e. The number of aromatic nitrogens is 1. The summed E-state index contributed by atoms with van der Waals surface area (Å²) in [7, 11) is 0. The predicted molar refractivity (Wildman–Crippen MR) is 305 cm³/mol. The number of amides is 8. The van der Waals surface area contributed by atoms with Crippen LogP contribution in [0.15, 0.2) is 103 Å². The molecule has 0 saturated carbocycles. The summed E-state index contributed by atoms with van der Waals surface area (Å²) < 4.78 is 0. The summed E-state index contributed by atoms with van der Waals surface area (Å²) in [6, 6.07) is 21.8.